The van der Waals surface area contributed by atoms with Crippen LogP contribution < -0.4 is 0 Å². The highest BCUT2D eigenvalue weighted by Crippen LogP contribution is 2.08. The highest BCUT2D eigenvalue weighted by molar-refractivity contribution is 5.76. The first kappa shape index (κ1) is 20.4. The maximum absolute atomic E-state index is 12.2. The molecule has 0 bridgehead atoms. The molecule has 4 nitrogen and oxygen atoms in total. The van der Waals surface area contributed by atoms with Gasteiger partial charge in [-0.3, -0.25) is 4.79 Å². The third kappa shape index (κ3) is 12.8. The van der Waals surface area contributed by atoms with E-state index in [0.29, 0.717) is 12.3 Å². The lowest BCUT2D eigenvalue weighted by Crippen LogP contribution is -2.32. The van der Waals surface area contributed by atoms with E-state index in [4.69, 9.17) is 10.2 Å². The number of hydrogen-bond donors (Lipinski definition) is 2. The smallest absolute Gasteiger partial charge is 0.222 e. The van der Waals surface area contributed by atoms with Crippen LogP contribution in [0.4, 0.5) is 0 Å². The zero-order valence-corrected chi connectivity index (χ0v) is 13.9. The number of aliphatic hydroxyl groups is 2. The first-order valence-corrected chi connectivity index (χ1v) is 8.75. The van der Waals surface area contributed by atoms with Crippen LogP contribution in [0.5, 0.6) is 0 Å². The van der Waals surface area contributed by atoms with Crippen molar-refractivity contribution in [2.75, 3.05) is 26.3 Å². The minimum atomic E-state index is 0.268. The summed E-state index contributed by atoms with van der Waals surface area (Å²) in [7, 11) is 0. The molecule has 21 heavy (non-hydrogen) atoms. The summed E-state index contributed by atoms with van der Waals surface area (Å²) in [5, 5.41) is 17.5. The van der Waals surface area contributed by atoms with Crippen LogP contribution in [0.3, 0.4) is 0 Å². The van der Waals surface area contributed by atoms with Crippen molar-refractivity contribution in [3.8, 4) is 0 Å². The van der Waals surface area contributed by atoms with Gasteiger partial charge in [0.2, 0.25) is 5.91 Å². The molecule has 0 saturated heterocycles. The Morgan fingerprint density at radius 3 is 1.67 bits per heavy atom. The number of aliphatic hydroxyl groups excluding tert-OH is 2. The molecule has 0 rings (SSSR count). The van der Waals surface area contributed by atoms with Crippen molar-refractivity contribution in [2.45, 2.75) is 77.6 Å². The van der Waals surface area contributed by atoms with Crippen molar-refractivity contribution in [1.82, 2.24) is 4.90 Å². The quantitative estimate of drug-likeness (QED) is 0.457. The average Bonchev–Trinajstić information content (AvgIpc) is 2.50. The summed E-state index contributed by atoms with van der Waals surface area (Å²) in [6.07, 6.45) is 10.8. The first-order chi connectivity index (χ1) is 10.3. The molecule has 0 atom stereocenters. The Morgan fingerprint density at radius 1 is 0.762 bits per heavy atom. The van der Waals surface area contributed by atoms with Gasteiger partial charge in [-0.05, 0) is 32.1 Å². The van der Waals surface area contributed by atoms with Crippen molar-refractivity contribution >= 4 is 5.91 Å². The minimum absolute atomic E-state index is 0.268. The fourth-order valence-electron chi connectivity index (χ4n) is 2.38. The third-order valence-electron chi connectivity index (χ3n) is 3.77. The number of nitrogens with zero attached hydrogens (tertiary/aromatic N) is 1. The van der Waals surface area contributed by atoms with E-state index < -0.39 is 0 Å². The van der Waals surface area contributed by atoms with Gasteiger partial charge in [-0.15, -0.1) is 0 Å². The van der Waals surface area contributed by atoms with Gasteiger partial charge >= 0.3 is 0 Å². The molecule has 0 aliphatic rings. The molecule has 0 radical (unpaired) electrons. The molecule has 0 aromatic heterocycles. The van der Waals surface area contributed by atoms with Crippen LogP contribution >= 0.6 is 0 Å². The molecule has 4 heteroatoms. The normalized spacial score (nSPS) is 10.8. The Hall–Kier alpha value is -0.610. The molecule has 0 fully saturated rings. The van der Waals surface area contributed by atoms with Gasteiger partial charge in [0.25, 0.3) is 0 Å². The fourth-order valence-corrected chi connectivity index (χ4v) is 2.38. The SMILES string of the molecule is CCCCC(=O)N(CCCCCCO)CCCCCCO. The van der Waals surface area contributed by atoms with Crippen molar-refractivity contribution < 1.29 is 15.0 Å². The Labute approximate surface area is 130 Å². The molecule has 126 valence electrons. The summed E-state index contributed by atoms with van der Waals surface area (Å²) in [4.78, 5) is 14.2. The topological polar surface area (TPSA) is 60.8 Å². The van der Waals surface area contributed by atoms with Crippen molar-refractivity contribution in [2.24, 2.45) is 0 Å². The summed E-state index contributed by atoms with van der Waals surface area (Å²) in [5.74, 6) is 0.293. The van der Waals surface area contributed by atoms with Gasteiger partial charge in [0.05, 0.1) is 0 Å². The lowest BCUT2D eigenvalue weighted by Gasteiger charge is -2.23. The molecule has 0 heterocycles. The fraction of sp³-hybridized carbons (Fsp3) is 0.941. The van der Waals surface area contributed by atoms with Crippen LogP contribution in [0, 0.1) is 0 Å². The average molecular weight is 301 g/mol. The van der Waals surface area contributed by atoms with Gasteiger partial charge in [-0.25, -0.2) is 0 Å². The molecule has 0 saturated carbocycles. The van der Waals surface area contributed by atoms with Gasteiger partial charge in [-0.2, -0.15) is 0 Å². The Balaban J connectivity index is 3.93. The molecule has 0 aliphatic heterocycles. The predicted molar refractivity (Wildman–Crippen MR) is 87.2 cm³/mol. The van der Waals surface area contributed by atoms with Gasteiger partial charge < -0.3 is 15.1 Å². The summed E-state index contributed by atoms with van der Waals surface area (Å²) >= 11 is 0. The second-order valence-corrected chi connectivity index (χ2v) is 5.76. The number of amides is 1. The van der Waals surface area contributed by atoms with Crippen LogP contribution in [0.2, 0.25) is 0 Å². The van der Waals surface area contributed by atoms with Crippen LogP contribution in [0.15, 0.2) is 0 Å². The van der Waals surface area contributed by atoms with E-state index in [9.17, 15) is 4.79 Å². The molecule has 1 amide bonds. The standard InChI is InChI=1S/C17H35NO3/c1-2-3-12-17(21)18(13-8-4-6-10-15-19)14-9-5-7-11-16-20/h19-20H,2-16H2,1H3. The third-order valence-corrected chi connectivity index (χ3v) is 3.77. The second-order valence-electron chi connectivity index (χ2n) is 5.76. The Morgan fingerprint density at radius 2 is 1.24 bits per heavy atom. The lowest BCUT2D eigenvalue weighted by atomic mass is 10.1. The Bertz CT molecular complexity index is 220. The number of rotatable bonds is 15. The molecule has 0 unspecified atom stereocenters. The number of carbonyl (C=O) groups is 1. The van der Waals surface area contributed by atoms with Crippen LogP contribution in [0.25, 0.3) is 0 Å². The van der Waals surface area contributed by atoms with Gasteiger partial charge in [0.15, 0.2) is 0 Å². The van der Waals surface area contributed by atoms with Crippen molar-refractivity contribution in [3.05, 3.63) is 0 Å². The molecular formula is C17H35NO3. The monoisotopic (exact) mass is 301 g/mol. The predicted octanol–water partition coefficient (Wildman–Crippen LogP) is 3.11. The van der Waals surface area contributed by atoms with Gasteiger partial charge in [0, 0.05) is 32.7 Å². The molecule has 0 aromatic carbocycles. The largest absolute Gasteiger partial charge is 0.396 e. The minimum Gasteiger partial charge on any atom is -0.396 e. The van der Waals surface area contributed by atoms with Crippen LogP contribution in [0.1, 0.15) is 77.6 Å². The zero-order valence-electron chi connectivity index (χ0n) is 13.9. The second kappa shape index (κ2) is 15.8. The summed E-state index contributed by atoms with van der Waals surface area (Å²) in [6.45, 7) is 4.36. The van der Waals surface area contributed by atoms with Crippen molar-refractivity contribution in [1.29, 1.82) is 0 Å². The van der Waals surface area contributed by atoms with Crippen molar-refractivity contribution in [3.63, 3.8) is 0 Å². The summed E-state index contributed by atoms with van der Waals surface area (Å²) in [6, 6.07) is 0. The van der Waals surface area contributed by atoms with Gasteiger partial charge in [0.1, 0.15) is 0 Å². The summed E-state index contributed by atoms with van der Waals surface area (Å²) in [5.41, 5.74) is 0. The molecule has 0 spiro atoms. The number of unbranched alkanes of at least 4 members (excludes halogenated alkanes) is 7. The highest BCUT2D eigenvalue weighted by atomic mass is 16.3. The first-order valence-electron chi connectivity index (χ1n) is 8.75. The number of hydrogen-bond acceptors (Lipinski definition) is 3. The van der Waals surface area contributed by atoms with E-state index in [2.05, 4.69) is 6.92 Å². The van der Waals surface area contributed by atoms with E-state index >= 15 is 0 Å². The summed E-state index contributed by atoms with van der Waals surface area (Å²) < 4.78 is 0. The number of carbonyl (C=O) groups excluding carboxylic acids is 1. The zero-order chi connectivity index (χ0) is 15.8. The maximum Gasteiger partial charge on any atom is 0.222 e. The molecular weight excluding hydrogens is 266 g/mol. The van der Waals surface area contributed by atoms with E-state index in [1.54, 1.807) is 0 Å². The molecule has 2 N–H and O–H groups in total. The van der Waals surface area contributed by atoms with E-state index in [1.807, 2.05) is 4.90 Å². The van der Waals surface area contributed by atoms with E-state index in [1.165, 1.54) is 0 Å². The van der Waals surface area contributed by atoms with Crippen LogP contribution in [-0.2, 0) is 4.79 Å². The maximum atomic E-state index is 12.2. The van der Waals surface area contributed by atoms with Gasteiger partial charge in [-0.1, -0.05) is 39.0 Å². The lowest BCUT2D eigenvalue weighted by molar-refractivity contribution is -0.131. The van der Waals surface area contributed by atoms with Crippen LogP contribution in [-0.4, -0.2) is 47.3 Å². The molecule has 0 aliphatic carbocycles. The van der Waals surface area contributed by atoms with E-state index in [0.717, 1.165) is 77.3 Å². The highest BCUT2D eigenvalue weighted by Gasteiger charge is 2.11. The molecule has 0 aromatic rings. The van der Waals surface area contributed by atoms with E-state index in [-0.39, 0.29) is 13.2 Å². The Kier molecular flexibility index (Phi) is 15.3.